The third-order valence-corrected chi connectivity index (χ3v) is 6.71. The summed E-state index contributed by atoms with van der Waals surface area (Å²) in [6.07, 6.45) is 0.860. The van der Waals surface area contributed by atoms with Crippen LogP contribution in [0.1, 0.15) is 22.4 Å². The van der Waals surface area contributed by atoms with Gasteiger partial charge >= 0.3 is 0 Å². The van der Waals surface area contributed by atoms with E-state index in [1.807, 2.05) is 48.5 Å². The smallest absolute Gasteiger partial charge is 0.126 e. The number of methoxy groups -OCH3 is 1. The van der Waals surface area contributed by atoms with Crippen LogP contribution in [0.3, 0.4) is 0 Å². The molecule has 30 heavy (non-hydrogen) atoms. The fourth-order valence-electron chi connectivity index (χ4n) is 3.79. The second-order valence-corrected chi connectivity index (χ2v) is 8.64. The molecule has 1 aromatic heterocycles. The fourth-order valence-corrected chi connectivity index (χ4v) is 5.08. The molecular formula is C24H22ClN3OS. The van der Waals surface area contributed by atoms with Crippen molar-refractivity contribution in [1.29, 1.82) is 5.26 Å². The van der Waals surface area contributed by atoms with Gasteiger partial charge in [-0.25, -0.2) is 4.98 Å². The zero-order valence-electron chi connectivity index (χ0n) is 17.0. The Balaban J connectivity index is 1.86. The van der Waals surface area contributed by atoms with Crippen LogP contribution in [0.25, 0.3) is 11.1 Å². The molecule has 1 aliphatic rings. The van der Waals surface area contributed by atoms with E-state index in [4.69, 9.17) is 21.3 Å². The van der Waals surface area contributed by atoms with Crippen LogP contribution in [0.4, 0.5) is 0 Å². The molecule has 0 atom stereocenters. The Morgan fingerprint density at radius 1 is 1.20 bits per heavy atom. The molecule has 0 fully saturated rings. The molecular weight excluding hydrogens is 414 g/mol. The maximum Gasteiger partial charge on any atom is 0.126 e. The van der Waals surface area contributed by atoms with Crippen LogP contribution in [0.2, 0.25) is 5.02 Å². The van der Waals surface area contributed by atoms with Crippen LogP contribution < -0.4 is 4.74 Å². The maximum atomic E-state index is 10.2. The van der Waals surface area contributed by atoms with Gasteiger partial charge in [-0.15, -0.1) is 11.8 Å². The van der Waals surface area contributed by atoms with E-state index in [0.29, 0.717) is 11.3 Å². The molecule has 0 aliphatic carbocycles. The lowest BCUT2D eigenvalue weighted by Gasteiger charge is -2.28. The summed E-state index contributed by atoms with van der Waals surface area (Å²) in [6.45, 7) is 1.71. The Morgan fingerprint density at radius 3 is 2.73 bits per heavy atom. The van der Waals surface area contributed by atoms with Crippen LogP contribution in [0, 0.1) is 11.3 Å². The van der Waals surface area contributed by atoms with Crippen molar-refractivity contribution in [3.63, 3.8) is 0 Å². The molecule has 0 radical (unpaired) electrons. The lowest BCUT2D eigenvalue weighted by atomic mass is 9.91. The first-order valence-electron chi connectivity index (χ1n) is 9.76. The zero-order chi connectivity index (χ0) is 21.1. The van der Waals surface area contributed by atoms with Crippen molar-refractivity contribution in [3.8, 4) is 22.9 Å². The van der Waals surface area contributed by atoms with Crippen LogP contribution in [-0.2, 0) is 18.7 Å². The molecule has 2 aromatic carbocycles. The van der Waals surface area contributed by atoms with Gasteiger partial charge in [-0.2, -0.15) is 5.26 Å². The number of nitriles is 1. The van der Waals surface area contributed by atoms with Crippen molar-refractivity contribution in [2.24, 2.45) is 0 Å². The largest absolute Gasteiger partial charge is 0.496 e. The highest BCUT2D eigenvalue weighted by atomic mass is 35.5. The number of hydrogen-bond donors (Lipinski definition) is 0. The Hall–Kier alpha value is -2.52. The molecule has 3 aromatic rings. The first kappa shape index (κ1) is 20.7. The minimum atomic E-state index is 0.602. The van der Waals surface area contributed by atoms with E-state index in [1.165, 1.54) is 0 Å². The second-order valence-electron chi connectivity index (χ2n) is 7.27. The van der Waals surface area contributed by atoms with Crippen LogP contribution in [0.15, 0.2) is 53.6 Å². The SMILES string of the molecule is COc1ccccc1-c1c(C#N)c(SCc2ccccc2Cl)nc2c1CN(C)CC2. The molecule has 4 nitrogen and oxygen atoms in total. The number of ether oxygens (including phenoxy) is 1. The summed E-state index contributed by atoms with van der Waals surface area (Å²) in [4.78, 5) is 7.20. The standard InChI is InChI=1S/C24H22ClN3OS/c1-28-12-11-21-19(14-28)23(17-8-4-6-10-22(17)29-2)18(13-26)24(27-21)30-15-16-7-3-5-9-20(16)25/h3-10H,11-12,14-15H2,1-2H3. The minimum absolute atomic E-state index is 0.602. The normalized spacial score (nSPS) is 13.5. The molecule has 0 saturated heterocycles. The fraction of sp³-hybridized carbons (Fsp3) is 0.250. The van der Waals surface area contributed by atoms with E-state index in [2.05, 4.69) is 18.0 Å². The van der Waals surface area contributed by atoms with Crippen LogP contribution in [0.5, 0.6) is 5.75 Å². The van der Waals surface area contributed by atoms with Crippen molar-refractivity contribution >= 4 is 23.4 Å². The topological polar surface area (TPSA) is 49.1 Å². The van der Waals surface area contributed by atoms with E-state index >= 15 is 0 Å². The summed E-state index contributed by atoms with van der Waals surface area (Å²) < 4.78 is 5.63. The molecule has 0 unspecified atom stereocenters. The Kier molecular flexibility index (Phi) is 6.29. The molecule has 152 valence electrons. The Labute approximate surface area is 186 Å². The quantitative estimate of drug-likeness (QED) is 0.491. The number of fused-ring (bicyclic) bond motifs is 1. The summed E-state index contributed by atoms with van der Waals surface area (Å²) in [6, 6.07) is 18.1. The summed E-state index contributed by atoms with van der Waals surface area (Å²) in [5.41, 5.74) is 5.69. The summed E-state index contributed by atoms with van der Waals surface area (Å²) in [5.74, 6) is 1.42. The molecule has 4 rings (SSSR count). The lowest BCUT2D eigenvalue weighted by Crippen LogP contribution is -2.28. The van der Waals surface area contributed by atoms with Crippen molar-refractivity contribution in [1.82, 2.24) is 9.88 Å². The molecule has 0 saturated carbocycles. The van der Waals surface area contributed by atoms with Crippen molar-refractivity contribution in [2.75, 3.05) is 20.7 Å². The number of benzene rings is 2. The number of halogens is 1. The minimum Gasteiger partial charge on any atom is -0.496 e. The average Bonchev–Trinajstić information content (AvgIpc) is 2.77. The van der Waals surface area contributed by atoms with Gasteiger partial charge in [0, 0.05) is 47.1 Å². The highest BCUT2D eigenvalue weighted by Gasteiger charge is 2.26. The van der Waals surface area contributed by atoms with Crippen LogP contribution in [-0.4, -0.2) is 30.6 Å². The van der Waals surface area contributed by atoms with E-state index < -0.39 is 0 Å². The number of nitrogens with zero attached hydrogens (tertiary/aromatic N) is 3. The first-order chi connectivity index (χ1) is 14.6. The number of pyridine rings is 1. The first-order valence-corrected chi connectivity index (χ1v) is 11.1. The molecule has 0 spiro atoms. The number of para-hydroxylation sites is 1. The molecule has 2 heterocycles. The van der Waals surface area contributed by atoms with E-state index in [1.54, 1.807) is 18.9 Å². The number of likely N-dealkylation sites (N-methyl/N-ethyl adjacent to an activating group) is 1. The Morgan fingerprint density at radius 2 is 1.97 bits per heavy atom. The predicted molar refractivity (Wildman–Crippen MR) is 122 cm³/mol. The van der Waals surface area contributed by atoms with Gasteiger partial charge in [-0.1, -0.05) is 48.0 Å². The van der Waals surface area contributed by atoms with Gasteiger partial charge in [0.15, 0.2) is 0 Å². The number of rotatable bonds is 5. The van der Waals surface area contributed by atoms with Gasteiger partial charge in [0.05, 0.1) is 12.7 Å². The molecule has 0 bridgehead atoms. The summed E-state index contributed by atoms with van der Waals surface area (Å²) >= 11 is 7.90. The monoisotopic (exact) mass is 435 g/mol. The van der Waals surface area contributed by atoms with Crippen molar-refractivity contribution in [2.45, 2.75) is 23.7 Å². The number of aromatic nitrogens is 1. The highest BCUT2D eigenvalue weighted by molar-refractivity contribution is 7.98. The number of hydrogen-bond acceptors (Lipinski definition) is 5. The van der Waals surface area contributed by atoms with Crippen molar-refractivity contribution < 1.29 is 4.74 Å². The van der Waals surface area contributed by atoms with Gasteiger partial charge in [0.2, 0.25) is 0 Å². The van der Waals surface area contributed by atoms with Gasteiger partial charge in [-0.05, 0) is 30.3 Å². The van der Waals surface area contributed by atoms with Gasteiger partial charge < -0.3 is 9.64 Å². The molecule has 0 N–H and O–H groups in total. The van der Waals surface area contributed by atoms with Gasteiger partial charge in [-0.3, -0.25) is 0 Å². The Bertz CT molecular complexity index is 1130. The van der Waals surface area contributed by atoms with E-state index in [-0.39, 0.29) is 0 Å². The molecule has 1 aliphatic heterocycles. The zero-order valence-corrected chi connectivity index (χ0v) is 18.6. The average molecular weight is 436 g/mol. The van der Waals surface area contributed by atoms with Gasteiger partial charge in [0.25, 0.3) is 0 Å². The third kappa shape index (κ3) is 4.04. The molecule has 0 amide bonds. The summed E-state index contributed by atoms with van der Waals surface area (Å²) in [5, 5.41) is 11.6. The highest BCUT2D eigenvalue weighted by Crippen LogP contribution is 2.41. The van der Waals surface area contributed by atoms with Crippen LogP contribution >= 0.6 is 23.4 Å². The summed E-state index contributed by atoms with van der Waals surface area (Å²) in [7, 11) is 3.76. The lowest BCUT2D eigenvalue weighted by molar-refractivity contribution is 0.309. The van der Waals surface area contributed by atoms with E-state index in [9.17, 15) is 5.26 Å². The number of thioether (sulfide) groups is 1. The van der Waals surface area contributed by atoms with Crippen molar-refractivity contribution in [3.05, 3.63) is 75.9 Å². The van der Waals surface area contributed by atoms with E-state index in [0.717, 1.165) is 63.3 Å². The van der Waals surface area contributed by atoms with Gasteiger partial charge in [0.1, 0.15) is 16.8 Å². The maximum absolute atomic E-state index is 10.2. The third-order valence-electron chi connectivity index (χ3n) is 5.32. The predicted octanol–water partition coefficient (Wildman–Crippen LogP) is 5.56. The molecule has 6 heteroatoms. The second kappa shape index (κ2) is 9.09.